The third-order valence-electron chi connectivity index (χ3n) is 1.40. The van der Waals surface area contributed by atoms with Crippen molar-refractivity contribution in [2.75, 3.05) is 0 Å². The highest BCUT2D eigenvalue weighted by atomic mass is 35.7. The monoisotopic (exact) mass is 215 g/mol. The molecule has 0 radical (unpaired) electrons. The predicted octanol–water partition coefficient (Wildman–Crippen LogP) is 2.31. The second kappa shape index (κ2) is 3.77. The Morgan fingerprint density at radius 1 is 1.31 bits per heavy atom. The van der Waals surface area contributed by atoms with E-state index >= 15 is 0 Å². The molecule has 0 amide bonds. The van der Waals surface area contributed by atoms with Crippen LogP contribution in [0.3, 0.4) is 0 Å². The van der Waals surface area contributed by atoms with Gasteiger partial charge in [-0.2, -0.15) is 0 Å². The van der Waals surface area contributed by atoms with Crippen molar-refractivity contribution in [3.8, 4) is 0 Å². The standard InChI is InChI=1S/C8H6ClNO2S/c1-10-8-4-2-7(3-5-8)6-13(9,11)12/h2-5H,6H2. The van der Waals surface area contributed by atoms with E-state index in [1.165, 1.54) is 0 Å². The van der Waals surface area contributed by atoms with Gasteiger partial charge in [-0.1, -0.05) is 24.3 Å². The Morgan fingerprint density at radius 3 is 2.23 bits per heavy atom. The average molecular weight is 216 g/mol. The maximum Gasteiger partial charge on any atom is 0.236 e. The fraction of sp³-hybridized carbons (Fsp3) is 0.125. The average Bonchev–Trinajstić information content (AvgIpc) is 2.03. The minimum Gasteiger partial charge on any atom is -0.238 e. The topological polar surface area (TPSA) is 38.5 Å². The van der Waals surface area contributed by atoms with Gasteiger partial charge in [0, 0.05) is 10.7 Å². The molecular weight excluding hydrogens is 210 g/mol. The van der Waals surface area contributed by atoms with Crippen molar-refractivity contribution in [1.82, 2.24) is 0 Å². The number of nitrogens with zero attached hydrogens (tertiary/aromatic N) is 1. The summed E-state index contributed by atoms with van der Waals surface area (Å²) in [6.45, 7) is 6.67. The molecule has 0 aliphatic carbocycles. The first-order valence-electron chi connectivity index (χ1n) is 3.40. The minimum atomic E-state index is -3.50. The molecule has 0 heterocycles. The molecule has 0 unspecified atom stereocenters. The molecular formula is C8H6ClNO2S. The molecule has 0 saturated heterocycles. The highest BCUT2D eigenvalue weighted by molar-refractivity contribution is 8.13. The summed E-state index contributed by atoms with van der Waals surface area (Å²) in [5.74, 6) is -0.202. The van der Waals surface area contributed by atoms with Crippen LogP contribution in [0.25, 0.3) is 4.85 Å². The van der Waals surface area contributed by atoms with Crippen molar-refractivity contribution in [3.63, 3.8) is 0 Å². The third kappa shape index (κ3) is 3.45. The van der Waals surface area contributed by atoms with Crippen LogP contribution in [0.4, 0.5) is 5.69 Å². The number of hydrogen-bond acceptors (Lipinski definition) is 2. The smallest absolute Gasteiger partial charge is 0.236 e. The zero-order valence-corrected chi connectivity index (χ0v) is 8.14. The molecule has 1 aromatic carbocycles. The lowest BCUT2D eigenvalue weighted by atomic mass is 10.2. The van der Waals surface area contributed by atoms with Crippen LogP contribution in [0.2, 0.25) is 0 Å². The zero-order chi connectivity index (χ0) is 9.90. The molecule has 13 heavy (non-hydrogen) atoms. The predicted molar refractivity (Wildman–Crippen MR) is 51.2 cm³/mol. The van der Waals surface area contributed by atoms with Gasteiger partial charge in [0.25, 0.3) is 0 Å². The van der Waals surface area contributed by atoms with E-state index in [1.807, 2.05) is 0 Å². The number of rotatable bonds is 2. The summed E-state index contributed by atoms with van der Waals surface area (Å²) in [4.78, 5) is 3.18. The Kier molecular flexibility index (Phi) is 2.91. The Balaban J connectivity index is 2.89. The van der Waals surface area contributed by atoms with Crippen LogP contribution in [-0.4, -0.2) is 8.42 Å². The summed E-state index contributed by atoms with van der Waals surface area (Å²) in [5.41, 5.74) is 1.07. The van der Waals surface area contributed by atoms with Crippen molar-refractivity contribution in [3.05, 3.63) is 41.2 Å². The summed E-state index contributed by atoms with van der Waals surface area (Å²) < 4.78 is 21.3. The van der Waals surface area contributed by atoms with Gasteiger partial charge < -0.3 is 0 Å². The Bertz CT molecular complexity index is 430. The van der Waals surface area contributed by atoms with E-state index in [9.17, 15) is 8.42 Å². The van der Waals surface area contributed by atoms with Crippen LogP contribution in [0.15, 0.2) is 24.3 Å². The largest absolute Gasteiger partial charge is 0.238 e. The van der Waals surface area contributed by atoms with Gasteiger partial charge in [-0.15, -0.1) is 0 Å². The molecule has 5 heteroatoms. The fourth-order valence-corrected chi connectivity index (χ4v) is 1.83. The number of hydrogen-bond donors (Lipinski definition) is 0. The van der Waals surface area contributed by atoms with Gasteiger partial charge >= 0.3 is 0 Å². The van der Waals surface area contributed by atoms with Crippen LogP contribution in [0.1, 0.15) is 5.56 Å². The molecule has 3 nitrogen and oxygen atoms in total. The summed E-state index contributed by atoms with van der Waals surface area (Å²) in [7, 11) is 1.55. The van der Waals surface area contributed by atoms with Crippen molar-refractivity contribution >= 4 is 25.4 Å². The maximum atomic E-state index is 10.7. The fourth-order valence-electron chi connectivity index (χ4n) is 0.866. The van der Waals surface area contributed by atoms with Gasteiger partial charge in [0.2, 0.25) is 9.05 Å². The van der Waals surface area contributed by atoms with Gasteiger partial charge in [-0.05, 0) is 5.56 Å². The van der Waals surface area contributed by atoms with Crippen LogP contribution < -0.4 is 0 Å². The lowest BCUT2D eigenvalue weighted by Crippen LogP contribution is -1.93. The van der Waals surface area contributed by atoms with Gasteiger partial charge in [0.1, 0.15) is 0 Å². The Labute approximate surface area is 81.2 Å². The number of benzene rings is 1. The molecule has 1 rings (SSSR count). The Morgan fingerprint density at radius 2 is 1.85 bits per heavy atom. The summed E-state index contributed by atoms with van der Waals surface area (Å²) in [6.07, 6.45) is 0. The molecule has 0 aromatic heterocycles. The molecule has 0 bridgehead atoms. The van der Waals surface area contributed by atoms with E-state index in [1.54, 1.807) is 24.3 Å². The molecule has 0 aliphatic rings. The third-order valence-corrected chi connectivity index (χ3v) is 2.41. The van der Waals surface area contributed by atoms with E-state index in [0.717, 1.165) is 0 Å². The molecule has 68 valence electrons. The van der Waals surface area contributed by atoms with Gasteiger partial charge in [0.05, 0.1) is 12.3 Å². The van der Waals surface area contributed by atoms with Gasteiger partial charge in [-0.25, -0.2) is 13.3 Å². The first-order chi connectivity index (χ1) is 6.01. The molecule has 0 saturated carbocycles. The van der Waals surface area contributed by atoms with Crippen molar-refractivity contribution < 1.29 is 8.42 Å². The van der Waals surface area contributed by atoms with Crippen molar-refractivity contribution in [1.29, 1.82) is 0 Å². The van der Waals surface area contributed by atoms with Gasteiger partial charge in [-0.3, -0.25) is 0 Å². The van der Waals surface area contributed by atoms with E-state index in [-0.39, 0.29) is 5.75 Å². The molecule has 0 N–H and O–H groups in total. The summed E-state index contributed by atoms with van der Waals surface area (Å²) >= 11 is 0. The molecule has 0 aliphatic heterocycles. The first kappa shape index (κ1) is 10.0. The van der Waals surface area contributed by atoms with Crippen molar-refractivity contribution in [2.45, 2.75) is 5.75 Å². The Hall–Kier alpha value is -1.05. The highest BCUT2D eigenvalue weighted by Gasteiger charge is 2.06. The molecule has 0 spiro atoms. The first-order valence-corrected chi connectivity index (χ1v) is 5.88. The van der Waals surface area contributed by atoms with Crippen LogP contribution in [-0.2, 0) is 14.8 Å². The molecule has 0 fully saturated rings. The second-order valence-electron chi connectivity index (χ2n) is 2.46. The number of halogens is 1. The van der Waals surface area contributed by atoms with E-state index in [2.05, 4.69) is 4.85 Å². The van der Waals surface area contributed by atoms with Crippen LogP contribution in [0.5, 0.6) is 0 Å². The van der Waals surface area contributed by atoms with Crippen LogP contribution >= 0.6 is 10.7 Å². The molecule has 0 atom stereocenters. The molecule has 1 aromatic rings. The second-order valence-corrected chi connectivity index (χ2v) is 5.24. The lowest BCUT2D eigenvalue weighted by molar-refractivity contribution is 0.609. The van der Waals surface area contributed by atoms with E-state index < -0.39 is 9.05 Å². The van der Waals surface area contributed by atoms with E-state index in [4.69, 9.17) is 17.3 Å². The minimum absolute atomic E-state index is 0.202. The quantitative estimate of drug-likeness (QED) is 0.561. The van der Waals surface area contributed by atoms with Crippen molar-refractivity contribution in [2.24, 2.45) is 0 Å². The summed E-state index contributed by atoms with van der Waals surface area (Å²) in [5, 5.41) is 0. The summed E-state index contributed by atoms with van der Waals surface area (Å²) in [6, 6.07) is 6.27. The van der Waals surface area contributed by atoms with Gasteiger partial charge in [0.15, 0.2) is 5.69 Å². The SMILES string of the molecule is [C-]#[N+]c1ccc(CS(=O)(=O)Cl)cc1. The lowest BCUT2D eigenvalue weighted by Gasteiger charge is -1.96. The zero-order valence-electron chi connectivity index (χ0n) is 6.57. The maximum absolute atomic E-state index is 10.7. The highest BCUT2D eigenvalue weighted by Crippen LogP contribution is 2.15. The normalized spacial score (nSPS) is 10.8. The van der Waals surface area contributed by atoms with Crippen LogP contribution in [0, 0.1) is 6.57 Å². The van der Waals surface area contributed by atoms with E-state index in [0.29, 0.717) is 11.3 Å².